The van der Waals surface area contributed by atoms with E-state index in [4.69, 9.17) is 14.2 Å². The molecule has 1 heterocycles. The van der Waals surface area contributed by atoms with Crippen LogP contribution in [0.2, 0.25) is 0 Å². The van der Waals surface area contributed by atoms with Crippen molar-refractivity contribution in [2.45, 2.75) is 84.5 Å². The molecular formula is C24H36O5. The first-order valence-corrected chi connectivity index (χ1v) is 11.2. The highest BCUT2D eigenvalue weighted by Gasteiger charge is 2.24. The number of ether oxygens (including phenoxy) is 3. The lowest BCUT2D eigenvalue weighted by molar-refractivity contribution is -0.133. The Kier molecular flexibility index (Phi) is 10.6. The molecule has 0 atom stereocenters. The number of carbonyl (C=O) groups excluding carboxylic acids is 2. The molecule has 162 valence electrons. The van der Waals surface area contributed by atoms with Crippen molar-refractivity contribution in [3.05, 3.63) is 18.2 Å². The SMILES string of the molecule is CCCCCC(=O)C(CCCCOc1ccc2c(c1)OCO2)C(=O)CCCCC. The summed E-state index contributed by atoms with van der Waals surface area (Å²) < 4.78 is 16.4. The first kappa shape index (κ1) is 23.2. The van der Waals surface area contributed by atoms with Crippen molar-refractivity contribution < 1.29 is 23.8 Å². The number of rotatable bonds is 16. The van der Waals surface area contributed by atoms with Gasteiger partial charge in [-0.3, -0.25) is 9.59 Å². The molecule has 5 heteroatoms. The average molecular weight is 405 g/mol. The van der Waals surface area contributed by atoms with Gasteiger partial charge < -0.3 is 14.2 Å². The summed E-state index contributed by atoms with van der Waals surface area (Å²) in [5.74, 6) is 2.04. The first-order valence-electron chi connectivity index (χ1n) is 11.2. The zero-order valence-corrected chi connectivity index (χ0v) is 18.0. The Bertz CT molecular complexity index is 618. The van der Waals surface area contributed by atoms with Crippen molar-refractivity contribution in [3.8, 4) is 17.2 Å². The van der Waals surface area contributed by atoms with Gasteiger partial charge in [-0.15, -0.1) is 0 Å². The minimum atomic E-state index is -0.422. The third-order valence-electron chi connectivity index (χ3n) is 5.33. The molecule has 1 aromatic rings. The number of hydrogen-bond donors (Lipinski definition) is 0. The van der Waals surface area contributed by atoms with Crippen molar-refractivity contribution in [1.29, 1.82) is 0 Å². The second-order valence-corrected chi connectivity index (χ2v) is 7.76. The van der Waals surface area contributed by atoms with E-state index in [9.17, 15) is 9.59 Å². The Morgan fingerprint density at radius 1 is 0.897 bits per heavy atom. The molecule has 0 saturated heterocycles. The largest absolute Gasteiger partial charge is 0.493 e. The summed E-state index contributed by atoms with van der Waals surface area (Å²) in [6.07, 6.45) is 9.38. The molecule has 0 aromatic heterocycles. The third-order valence-corrected chi connectivity index (χ3v) is 5.33. The van der Waals surface area contributed by atoms with Gasteiger partial charge in [0.05, 0.1) is 12.5 Å². The fourth-order valence-corrected chi connectivity index (χ4v) is 3.56. The molecule has 1 aromatic carbocycles. The van der Waals surface area contributed by atoms with Crippen LogP contribution in [0.25, 0.3) is 0 Å². The van der Waals surface area contributed by atoms with Gasteiger partial charge in [-0.25, -0.2) is 0 Å². The molecule has 0 spiro atoms. The van der Waals surface area contributed by atoms with E-state index in [1.54, 1.807) is 0 Å². The smallest absolute Gasteiger partial charge is 0.231 e. The summed E-state index contributed by atoms with van der Waals surface area (Å²) in [7, 11) is 0. The molecule has 0 saturated carbocycles. The van der Waals surface area contributed by atoms with Gasteiger partial charge in [0.1, 0.15) is 17.3 Å². The summed E-state index contributed by atoms with van der Waals surface area (Å²) in [4.78, 5) is 25.2. The van der Waals surface area contributed by atoms with Crippen LogP contribution in [0.15, 0.2) is 18.2 Å². The van der Waals surface area contributed by atoms with E-state index >= 15 is 0 Å². The van der Waals surface area contributed by atoms with Crippen LogP contribution in [0.4, 0.5) is 0 Å². The minimum Gasteiger partial charge on any atom is -0.493 e. The van der Waals surface area contributed by atoms with E-state index in [2.05, 4.69) is 13.8 Å². The highest BCUT2D eigenvalue weighted by Crippen LogP contribution is 2.35. The summed E-state index contributed by atoms with van der Waals surface area (Å²) in [5.41, 5.74) is 0. The van der Waals surface area contributed by atoms with Crippen LogP contribution in [0, 0.1) is 5.92 Å². The molecule has 0 radical (unpaired) electrons. The van der Waals surface area contributed by atoms with Crippen LogP contribution in [-0.4, -0.2) is 25.0 Å². The summed E-state index contributed by atoms with van der Waals surface area (Å²) in [6.45, 7) is 5.05. The molecule has 0 fully saturated rings. The van der Waals surface area contributed by atoms with Crippen molar-refractivity contribution in [2.75, 3.05) is 13.4 Å². The van der Waals surface area contributed by atoms with Crippen molar-refractivity contribution >= 4 is 11.6 Å². The van der Waals surface area contributed by atoms with E-state index in [1.165, 1.54) is 0 Å². The Balaban J connectivity index is 1.75. The number of ketones is 2. The lowest BCUT2D eigenvalue weighted by Gasteiger charge is -2.15. The van der Waals surface area contributed by atoms with Gasteiger partial charge in [0.2, 0.25) is 6.79 Å². The maximum Gasteiger partial charge on any atom is 0.231 e. The minimum absolute atomic E-state index is 0.136. The first-order chi connectivity index (χ1) is 14.2. The summed E-state index contributed by atoms with van der Waals surface area (Å²) in [5, 5.41) is 0. The van der Waals surface area contributed by atoms with E-state index in [1.807, 2.05) is 18.2 Å². The molecular weight excluding hydrogens is 368 g/mol. The molecule has 0 bridgehead atoms. The van der Waals surface area contributed by atoms with Gasteiger partial charge in [-0.2, -0.15) is 0 Å². The number of carbonyl (C=O) groups is 2. The fraction of sp³-hybridized carbons (Fsp3) is 0.667. The maximum absolute atomic E-state index is 12.6. The molecule has 0 aliphatic carbocycles. The molecule has 2 rings (SSSR count). The molecule has 0 N–H and O–H groups in total. The number of hydrogen-bond acceptors (Lipinski definition) is 5. The van der Waals surface area contributed by atoms with E-state index in [0.717, 1.165) is 62.9 Å². The quantitative estimate of drug-likeness (QED) is 0.254. The summed E-state index contributed by atoms with van der Waals surface area (Å²) >= 11 is 0. The van der Waals surface area contributed by atoms with Crippen LogP contribution in [0.5, 0.6) is 17.2 Å². The number of fused-ring (bicyclic) bond motifs is 1. The number of Topliss-reactive ketones (excluding diaryl/α,β-unsaturated/α-hetero) is 2. The van der Waals surface area contributed by atoms with Crippen molar-refractivity contribution in [3.63, 3.8) is 0 Å². The third kappa shape index (κ3) is 8.08. The van der Waals surface area contributed by atoms with E-state index in [0.29, 0.717) is 31.6 Å². The van der Waals surface area contributed by atoms with Crippen LogP contribution in [-0.2, 0) is 9.59 Å². The molecule has 5 nitrogen and oxygen atoms in total. The van der Waals surface area contributed by atoms with E-state index in [-0.39, 0.29) is 18.4 Å². The fourth-order valence-electron chi connectivity index (χ4n) is 3.56. The molecule has 0 amide bonds. The molecule has 1 aliphatic heterocycles. The van der Waals surface area contributed by atoms with Crippen molar-refractivity contribution in [2.24, 2.45) is 5.92 Å². The standard InChI is InChI=1S/C24H36O5/c1-3-5-7-12-21(25)20(22(26)13-8-6-4-2)11-9-10-16-27-19-14-15-23-24(17-19)29-18-28-23/h14-15,17,20H,3-13,16,18H2,1-2H3. The Morgan fingerprint density at radius 2 is 1.55 bits per heavy atom. The average Bonchev–Trinajstić information content (AvgIpc) is 3.18. The van der Waals surface area contributed by atoms with Gasteiger partial charge in [-0.1, -0.05) is 39.5 Å². The highest BCUT2D eigenvalue weighted by molar-refractivity contribution is 6.02. The lowest BCUT2D eigenvalue weighted by atomic mass is 9.88. The normalized spacial score (nSPS) is 12.4. The monoisotopic (exact) mass is 404 g/mol. The zero-order valence-electron chi connectivity index (χ0n) is 18.0. The topological polar surface area (TPSA) is 61.8 Å². The van der Waals surface area contributed by atoms with Crippen molar-refractivity contribution in [1.82, 2.24) is 0 Å². The Morgan fingerprint density at radius 3 is 2.21 bits per heavy atom. The van der Waals surface area contributed by atoms with Crippen LogP contribution in [0.3, 0.4) is 0 Å². The predicted octanol–water partition coefficient (Wildman–Crippen LogP) is 5.88. The van der Waals surface area contributed by atoms with Gasteiger partial charge in [0.25, 0.3) is 0 Å². The maximum atomic E-state index is 12.6. The lowest BCUT2D eigenvalue weighted by Crippen LogP contribution is -2.24. The Labute approximate surface area is 175 Å². The highest BCUT2D eigenvalue weighted by atomic mass is 16.7. The molecule has 29 heavy (non-hydrogen) atoms. The Hall–Kier alpha value is -2.04. The van der Waals surface area contributed by atoms with Gasteiger partial charge in [0.15, 0.2) is 11.5 Å². The van der Waals surface area contributed by atoms with Gasteiger partial charge >= 0.3 is 0 Å². The number of unbranched alkanes of at least 4 members (excludes halogenated alkanes) is 5. The van der Waals surface area contributed by atoms with Crippen LogP contribution >= 0.6 is 0 Å². The predicted molar refractivity (Wildman–Crippen MR) is 114 cm³/mol. The second kappa shape index (κ2) is 13.2. The van der Waals surface area contributed by atoms with E-state index < -0.39 is 5.92 Å². The van der Waals surface area contributed by atoms with Gasteiger partial charge in [-0.05, 0) is 44.2 Å². The number of benzene rings is 1. The van der Waals surface area contributed by atoms with Gasteiger partial charge in [0, 0.05) is 18.9 Å². The molecule has 1 aliphatic rings. The second-order valence-electron chi connectivity index (χ2n) is 7.76. The van der Waals surface area contributed by atoms with Crippen LogP contribution in [0.1, 0.15) is 84.5 Å². The summed E-state index contributed by atoms with van der Waals surface area (Å²) in [6, 6.07) is 5.54. The van der Waals surface area contributed by atoms with Crippen LogP contribution < -0.4 is 14.2 Å². The zero-order chi connectivity index (χ0) is 20.9. The molecule has 0 unspecified atom stereocenters.